The van der Waals surface area contributed by atoms with Gasteiger partial charge < -0.3 is 9.73 Å². The molecule has 0 saturated heterocycles. The highest BCUT2D eigenvalue weighted by Crippen LogP contribution is 2.55. The predicted molar refractivity (Wildman–Crippen MR) is 104 cm³/mol. The molecule has 6 rings (SSSR count). The normalized spacial score (nSPS) is 31.1. The standard InChI is InChI=1S/C22H25NO4S/c24-21(23-22-11-15-8-16(12-22)10-17(9-15)13-22)20-18(6-7-27-20)14-28(25,26)19-4-2-1-3-5-19/h1-7,15-17H,8-14H2,(H,23,24). The third-order valence-corrected chi connectivity index (χ3v) is 8.50. The third kappa shape index (κ3) is 3.17. The van der Waals surface area contributed by atoms with E-state index in [-0.39, 0.29) is 27.9 Å². The Bertz CT molecular complexity index is 957. The number of nitrogens with one attached hydrogen (secondary N) is 1. The van der Waals surface area contributed by atoms with Crippen LogP contribution in [0.1, 0.15) is 54.6 Å². The topological polar surface area (TPSA) is 76.4 Å². The van der Waals surface area contributed by atoms with Gasteiger partial charge in [0.05, 0.1) is 16.9 Å². The van der Waals surface area contributed by atoms with Gasteiger partial charge in [-0.05, 0) is 74.5 Å². The van der Waals surface area contributed by atoms with Crippen molar-refractivity contribution in [2.45, 2.75) is 54.7 Å². The number of benzene rings is 1. The molecule has 28 heavy (non-hydrogen) atoms. The molecule has 4 fully saturated rings. The van der Waals surface area contributed by atoms with Crippen LogP contribution in [0.2, 0.25) is 0 Å². The van der Waals surface area contributed by atoms with E-state index in [0.717, 1.165) is 37.0 Å². The molecule has 0 spiro atoms. The van der Waals surface area contributed by atoms with Crippen LogP contribution in [-0.2, 0) is 15.6 Å². The highest BCUT2D eigenvalue weighted by molar-refractivity contribution is 7.90. The van der Waals surface area contributed by atoms with E-state index < -0.39 is 9.84 Å². The van der Waals surface area contributed by atoms with Gasteiger partial charge in [-0.25, -0.2) is 8.42 Å². The van der Waals surface area contributed by atoms with Crippen LogP contribution in [0.5, 0.6) is 0 Å². The summed E-state index contributed by atoms with van der Waals surface area (Å²) < 4.78 is 30.9. The maximum Gasteiger partial charge on any atom is 0.287 e. The third-order valence-electron chi connectivity index (χ3n) is 6.82. The maximum absolute atomic E-state index is 13.0. The molecule has 0 aliphatic heterocycles. The number of sulfone groups is 1. The predicted octanol–water partition coefficient (Wildman–Crippen LogP) is 3.95. The molecule has 1 N–H and O–H groups in total. The Balaban J connectivity index is 1.36. The zero-order chi connectivity index (χ0) is 19.4. The fraction of sp³-hybridized carbons (Fsp3) is 0.500. The van der Waals surface area contributed by atoms with Gasteiger partial charge in [-0.15, -0.1) is 0 Å². The van der Waals surface area contributed by atoms with Crippen molar-refractivity contribution < 1.29 is 17.6 Å². The van der Waals surface area contributed by atoms with Crippen molar-refractivity contribution in [1.29, 1.82) is 0 Å². The second-order valence-electron chi connectivity index (χ2n) is 9.00. The minimum absolute atomic E-state index is 0.131. The summed E-state index contributed by atoms with van der Waals surface area (Å²) in [6.45, 7) is 0. The number of furan rings is 1. The van der Waals surface area contributed by atoms with Gasteiger partial charge in [0.1, 0.15) is 0 Å². The van der Waals surface area contributed by atoms with Gasteiger partial charge in [0.2, 0.25) is 0 Å². The average Bonchev–Trinajstić information content (AvgIpc) is 3.08. The van der Waals surface area contributed by atoms with Crippen molar-refractivity contribution in [3.05, 3.63) is 54.0 Å². The first-order valence-electron chi connectivity index (χ1n) is 10.1. The van der Waals surface area contributed by atoms with Gasteiger partial charge in [-0.1, -0.05) is 18.2 Å². The van der Waals surface area contributed by atoms with Crippen molar-refractivity contribution in [2.75, 3.05) is 0 Å². The van der Waals surface area contributed by atoms with E-state index in [4.69, 9.17) is 4.42 Å². The van der Waals surface area contributed by atoms with Crippen LogP contribution < -0.4 is 5.32 Å². The Morgan fingerprint density at radius 3 is 2.21 bits per heavy atom. The maximum atomic E-state index is 13.0. The minimum atomic E-state index is -3.53. The zero-order valence-corrected chi connectivity index (χ0v) is 16.6. The van der Waals surface area contributed by atoms with Crippen LogP contribution in [0.3, 0.4) is 0 Å². The number of carbonyl (C=O) groups excluding carboxylic acids is 1. The van der Waals surface area contributed by atoms with Crippen molar-refractivity contribution in [1.82, 2.24) is 5.32 Å². The number of hydrogen-bond acceptors (Lipinski definition) is 4. The van der Waals surface area contributed by atoms with E-state index >= 15 is 0 Å². The molecule has 4 saturated carbocycles. The molecule has 2 aromatic rings. The van der Waals surface area contributed by atoms with E-state index in [2.05, 4.69) is 5.32 Å². The van der Waals surface area contributed by atoms with Crippen molar-refractivity contribution in [3.63, 3.8) is 0 Å². The van der Waals surface area contributed by atoms with Crippen LogP contribution in [0, 0.1) is 17.8 Å². The Hall–Kier alpha value is -2.08. The number of rotatable bonds is 5. The van der Waals surface area contributed by atoms with Crippen LogP contribution >= 0.6 is 0 Å². The summed E-state index contributed by atoms with van der Waals surface area (Å²) in [7, 11) is -3.53. The van der Waals surface area contributed by atoms with E-state index in [9.17, 15) is 13.2 Å². The van der Waals surface area contributed by atoms with Crippen molar-refractivity contribution in [3.8, 4) is 0 Å². The van der Waals surface area contributed by atoms with E-state index in [1.165, 1.54) is 25.5 Å². The van der Waals surface area contributed by atoms with Gasteiger partial charge >= 0.3 is 0 Å². The van der Waals surface area contributed by atoms with Crippen molar-refractivity contribution in [2.24, 2.45) is 17.8 Å². The molecule has 4 aliphatic carbocycles. The summed E-state index contributed by atoms with van der Waals surface area (Å²) in [5.41, 5.74) is 0.292. The number of hydrogen-bond donors (Lipinski definition) is 1. The van der Waals surface area contributed by atoms with E-state index in [0.29, 0.717) is 5.56 Å². The molecule has 0 unspecified atom stereocenters. The van der Waals surface area contributed by atoms with Crippen LogP contribution in [-0.4, -0.2) is 19.9 Å². The molecule has 5 nitrogen and oxygen atoms in total. The first-order chi connectivity index (χ1) is 13.4. The van der Waals surface area contributed by atoms with Crippen LogP contribution in [0.25, 0.3) is 0 Å². The van der Waals surface area contributed by atoms with Gasteiger partial charge in [0.25, 0.3) is 5.91 Å². The second-order valence-corrected chi connectivity index (χ2v) is 11.0. The zero-order valence-electron chi connectivity index (χ0n) is 15.8. The smallest absolute Gasteiger partial charge is 0.287 e. The van der Waals surface area contributed by atoms with Gasteiger partial charge in [-0.2, -0.15) is 0 Å². The molecule has 1 amide bonds. The summed E-state index contributed by atoms with van der Waals surface area (Å²) in [6, 6.07) is 9.91. The Kier molecular flexibility index (Phi) is 4.16. The Labute approximate surface area is 165 Å². The Morgan fingerprint density at radius 2 is 1.61 bits per heavy atom. The average molecular weight is 400 g/mol. The SMILES string of the molecule is O=C(NC12CC3CC(CC(C3)C1)C2)c1occc1CS(=O)(=O)c1ccccc1. The largest absolute Gasteiger partial charge is 0.459 e. The molecule has 4 bridgehead atoms. The van der Waals surface area contributed by atoms with E-state index in [1.54, 1.807) is 36.4 Å². The quantitative estimate of drug-likeness (QED) is 0.826. The molecule has 0 atom stereocenters. The molecule has 6 heteroatoms. The molecule has 1 aromatic carbocycles. The summed E-state index contributed by atoms with van der Waals surface area (Å²) in [5.74, 6) is 1.79. The van der Waals surface area contributed by atoms with Crippen LogP contribution in [0.4, 0.5) is 0 Å². The number of carbonyl (C=O) groups is 1. The first kappa shape index (κ1) is 18.0. The summed E-state index contributed by atoms with van der Waals surface area (Å²) >= 11 is 0. The van der Waals surface area contributed by atoms with Gasteiger partial charge in [0, 0.05) is 11.1 Å². The monoisotopic (exact) mass is 399 g/mol. The molecule has 1 aromatic heterocycles. The summed E-state index contributed by atoms with van der Waals surface area (Å²) in [6.07, 6.45) is 8.45. The van der Waals surface area contributed by atoms with Gasteiger partial charge in [-0.3, -0.25) is 4.79 Å². The lowest BCUT2D eigenvalue weighted by atomic mass is 9.53. The van der Waals surface area contributed by atoms with E-state index in [1.807, 2.05) is 0 Å². The highest BCUT2D eigenvalue weighted by atomic mass is 32.2. The Morgan fingerprint density at radius 1 is 1.00 bits per heavy atom. The van der Waals surface area contributed by atoms with Crippen LogP contribution in [0.15, 0.2) is 52.0 Å². The molecule has 0 radical (unpaired) electrons. The second kappa shape index (κ2) is 6.48. The minimum Gasteiger partial charge on any atom is -0.459 e. The fourth-order valence-electron chi connectivity index (χ4n) is 6.13. The lowest BCUT2D eigenvalue weighted by Gasteiger charge is -2.56. The molecular formula is C22H25NO4S. The molecular weight excluding hydrogens is 374 g/mol. The lowest BCUT2D eigenvalue weighted by molar-refractivity contribution is -0.0171. The van der Waals surface area contributed by atoms with Gasteiger partial charge in [0.15, 0.2) is 15.6 Å². The first-order valence-corrected chi connectivity index (χ1v) is 11.7. The highest BCUT2D eigenvalue weighted by Gasteiger charge is 2.51. The summed E-state index contributed by atoms with van der Waals surface area (Å²) in [5, 5.41) is 3.27. The molecule has 4 aliphatic rings. The number of amides is 1. The molecule has 148 valence electrons. The summed E-state index contributed by atoms with van der Waals surface area (Å²) in [4.78, 5) is 13.3. The van der Waals surface area contributed by atoms with Crippen molar-refractivity contribution >= 4 is 15.7 Å². The fourth-order valence-corrected chi connectivity index (χ4v) is 7.50. The molecule has 1 heterocycles. The lowest BCUT2D eigenvalue weighted by Crippen LogP contribution is -2.59.